The lowest BCUT2D eigenvalue weighted by molar-refractivity contribution is 0.130. The predicted octanol–water partition coefficient (Wildman–Crippen LogP) is 1.63. The first kappa shape index (κ1) is 7.90. The molecule has 1 amide bonds. The van der Waals surface area contributed by atoms with Gasteiger partial charge in [0, 0.05) is 6.54 Å². The van der Waals surface area contributed by atoms with Gasteiger partial charge < -0.3 is 9.64 Å². The molecule has 3 heteroatoms. The maximum atomic E-state index is 11.2. The van der Waals surface area contributed by atoms with E-state index < -0.39 is 0 Å². The molecule has 0 spiro atoms. The number of carbonyl (C=O) groups is 1. The number of amides is 1. The van der Waals surface area contributed by atoms with Gasteiger partial charge in [-0.2, -0.15) is 0 Å². The zero-order valence-corrected chi connectivity index (χ0v) is 7.45. The first-order valence-electron chi connectivity index (χ1n) is 4.75. The third kappa shape index (κ3) is 1.54. The Bertz CT molecular complexity index is 189. The molecule has 2 fully saturated rings. The van der Waals surface area contributed by atoms with Gasteiger partial charge in [0.05, 0.1) is 6.54 Å². The van der Waals surface area contributed by atoms with Crippen LogP contribution in [0.2, 0.25) is 0 Å². The van der Waals surface area contributed by atoms with E-state index in [9.17, 15) is 4.79 Å². The Morgan fingerprint density at radius 3 is 2.83 bits per heavy atom. The maximum absolute atomic E-state index is 11.2. The van der Waals surface area contributed by atoms with Crippen molar-refractivity contribution in [1.29, 1.82) is 0 Å². The van der Waals surface area contributed by atoms with E-state index in [4.69, 9.17) is 4.74 Å². The zero-order chi connectivity index (χ0) is 8.55. The smallest absolute Gasteiger partial charge is 0.410 e. The summed E-state index contributed by atoms with van der Waals surface area (Å²) in [5.41, 5.74) is 0. The number of hydrogen-bond donors (Lipinski definition) is 0. The van der Waals surface area contributed by atoms with E-state index in [0.29, 0.717) is 0 Å². The summed E-state index contributed by atoms with van der Waals surface area (Å²) in [6.45, 7) is 3.79. The molecule has 1 atom stereocenters. The van der Waals surface area contributed by atoms with Crippen LogP contribution in [0.1, 0.15) is 26.2 Å². The molecule has 1 aliphatic heterocycles. The molecule has 0 bridgehead atoms. The molecule has 12 heavy (non-hydrogen) atoms. The molecule has 1 saturated carbocycles. The van der Waals surface area contributed by atoms with Crippen molar-refractivity contribution in [2.75, 3.05) is 13.1 Å². The lowest BCUT2D eigenvalue weighted by Gasteiger charge is -2.10. The molecular weight excluding hydrogens is 154 g/mol. The molecule has 68 valence electrons. The maximum Gasteiger partial charge on any atom is 0.410 e. The number of rotatable bonds is 3. The minimum atomic E-state index is -0.103. The first-order valence-corrected chi connectivity index (χ1v) is 4.75. The molecule has 3 nitrogen and oxygen atoms in total. The third-order valence-electron chi connectivity index (χ3n) is 2.58. The van der Waals surface area contributed by atoms with Crippen LogP contribution in [-0.4, -0.2) is 30.2 Å². The number of ether oxygens (including phenoxy) is 1. The second kappa shape index (κ2) is 2.96. The van der Waals surface area contributed by atoms with E-state index in [1.165, 1.54) is 12.8 Å². The van der Waals surface area contributed by atoms with Crippen molar-refractivity contribution in [2.45, 2.75) is 32.3 Å². The van der Waals surface area contributed by atoms with Gasteiger partial charge in [-0.1, -0.05) is 6.92 Å². The highest BCUT2D eigenvalue weighted by Gasteiger charge is 2.34. The minimum Gasteiger partial charge on any atom is -0.444 e. The molecule has 0 radical (unpaired) electrons. The van der Waals surface area contributed by atoms with Crippen LogP contribution in [0.25, 0.3) is 0 Å². The van der Waals surface area contributed by atoms with E-state index in [1.807, 2.05) is 4.90 Å². The van der Waals surface area contributed by atoms with Gasteiger partial charge in [-0.25, -0.2) is 4.79 Å². The van der Waals surface area contributed by atoms with E-state index in [0.717, 1.165) is 25.4 Å². The Balaban J connectivity index is 1.84. The lowest BCUT2D eigenvalue weighted by atomic mass is 10.3. The Morgan fingerprint density at radius 2 is 2.33 bits per heavy atom. The van der Waals surface area contributed by atoms with Gasteiger partial charge in [0.15, 0.2) is 0 Å². The Hall–Kier alpha value is -0.730. The molecule has 0 unspecified atom stereocenters. The summed E-state index contributed by atoms with van der Waals surface area (Å²) >= 11 is 0. The molecule has 2 aliphatic rings. The number of hydrogen-bond acceptors (Lipinski definition) is 2. The van der Waals surface area contributed by atoms with Gasteiger partial charge in [-0.3, -0.25) is 0 Å². The van der Waals surface area contributed by atoms with Gasteiger partial charge in [0.1, 0.15) is 6.10 Å². The highest BCUT2D eigenvalue weighted by Crippen LogP contribution is 2.31. The van der Waals surface area contributed by atoms with Crippen molar-refractivity contribution in [1.82, 2.24) is 4.90 Å². The largest absolute Gasteiger partial charge is 0.444 e. The van der Waals surface area contributed by atoms with E-state index in [-0.39, 0.29) is 12.2 Å². The van der Waals surface area contributed by atoms with Crippen molar-refractivity contribution < 1.29 is 9.53 Å². The SMILES string of the molecule is CC[C@H]1CN(CC2CC2)C(=O)O1. The topological polar surface area (TPSA) is 29.5 Å². The number of nitrogens with zero attached hydrogens (tertiary/aromatic N) is 1. The highest BCUT2D eigenvalue weighted by atomic mass is 16.6. The normalized spacial score (nSPS) is 29.2. The van der Waals surface area contributed by atoms with Gasteiger partial charge >= 0.3 is 6.09 Å². The van der Waals surface area contributed by atoms with Gasteiger partial charge in [-0.15, -0.1) is 0 Å². The summed E-state index contributed by atoms with van der Waals surface area (Å²) in [4.78, 5) is 13.1. The Morgan fingerprint density at radius 1 is 1.58 bits per heavy atom. The fraction of sp³-hybridized carbons (Fsp3) is 0.889. The van der Waals surface area contributed by atoms with Crippen molar-refractivity contribution in [3.05, 3.63) is 0 Å². The van der Waals surface area contributed by atoms with Gasteiger partial charge in [0.25, 0.3) is 0 Å². The molecule has 0 aromatic carbocycles. The lowest BCUT2D eigenvalue weighted by Crippen LogP contribution is -2.27. The standard InChI is InChI=1S/C9H15NO2/c1-2-8-6-10(9(11)12-8)5-7-3-4-7/h7-8H,2-6H2,1H3/t8-/m0/s1. The number of cyclic esters (lactones) is 1. The van der Waals surface area contributed by atoms with Crippen molar-refractivity contribution >= 4 is 6.09 Å². The molecule has 2 rings (SSSR count). The third-order valence-corrected chi connectivity index (χ3v) is 2.58. The fourth-order valence-electron chi connectivity index (χ4n) is 1.55. The minimum absolute atomic E-state index is 0.103. The fourth-order valence-corrected chi connectivity index (χ4v) is 1.55. The molecule has 1 aliphatic carbocycles. The summed E-state index contributed by atoms with van der Waals surface area (Å²) < 4.78 is 5.14. The molecular formula is C9H15NO2. The summed E-state index contributed by atoms with van der Waals surface area (Å²) in [6, 6.07) is 0. The van der Waals surface area contributed by atoms with E-state index in [1.54, 1.807) is 0 Å². The van der Waals surface area contributed by atoms with Gasteiger partial charge in [0.2, 0.25) is 0 Å². The zero-order valence-electron chi connectivity index (χ0n) is 7.45. The summed E-state index contributed by atoms with van der Waals surface area (Å²) in [5.74, 6) is 0.771. The summed E-state index contributed by atoms with van der Waals surface area (Å²) in [7, 11) is 0. The van der Waals surface area contributed by atoms with Crippen LogP contribution in [0.3, 0.4) is 0 Å². The number of carbonyl (C=O) groups excluding carboxylic acids is 1. The van der Waals surface area contributed by atoms with Crippen LogP contribution in [-0.2, 0) is 4.74 Å². The van der Waals surface area contributed by atoms with Crippen LogP contribution < -0.4 is 0 Å². The van der Waals surface area contributed by atoms with Crippen LogP contribution in [0, 0.1) is 5.92 Å². The summed E-state index contributed by atoms with van der Waals surface area (Å²) in [6.07, 6.45) is 3.57. The molecule has 0 aromatic rings. The first-order chi connectivity index (χ1) is 5.79. The second-order valence-electron chi connectivity index (χ2n) is 3.76. The average molecular weight is 169 g/mol. The van der Waals surface area contributed by atoms with Crippen molar-refractivity contribution in [3.8, 4) is 0 Å². The quantitative estimate of drug-likeness (QED) is 0.642. The van der Waals surface area contributed by atoms with Crippen LogP contribution in [0.5, 0.6) is 0 Å². The summed E-state index contributed by atoms with van der Waals surface area (Å²) in [5, 5.41) is 0. The van der Waals surface area contributed by atoms with Gasteiger partial charge in [-0.05, 0) is 25.2 Å². The molecule has 1 saturated heterocycles. The molecule has 0 N–H and O–H groups in total. The van der Waals surface area contributed by atoms with E-state index in [2.05, 4.69) is 6.92 Å². The highest BCUT2D eigenvalue weighted by molar-refractivity contribution is 5.69. The van der Waals surface area contributed by atoms with Crippen LogP contribution in [0.15, 0.2) is 0 Å². The van der Waals surface area contributed by atoms with Crippen molar-refractivity contribution in [2.24, 2.45) is 5.92 Å². The van der Waals surface area contributed by atoms with Crippen LogP contribution in [0.4, 0.5) is 4.79 Å². The molecule has 0 aromatic heterocycles. The Kier molecular flexibility index (Phi) is 1.95. The second-order valence-corrected chi connectivity index (χ2v) is 3.76. The monoisotopic (exact) mass is 169 g/mol. The predicted molar refractivity (Wildman–Crippen MR) is 44.9 cm³/mol. The van der Waals surface area contributed by atoms with E-state index >= 15 is 0 Å². The Labute approximate surface area is 72.7 Å². The average Bonchev–Trinajstić information content (AvgIpc) is 2.78. The van der Waals surface area contributed by atoms with Crippen molar-refractivity contribution in [3.63, 3.8) is 0 Å². The molecule has 1 heterocycles. The van der Waals surface area contributed by atoms with Crippen LogP contribution >= 0.6 is 0 Å².